The maximum absolute atomic E-state index is 14.4. The van der Waals surface area contributed by atoms with Crippen molar-refractivity contribution in [3.8, 4) is 28.7 Å². The van der Waals surface area contributed by atoms with Crippen molar-refractivity contribution in [2.75, 3.05) is 49.5 Å². The number of nitrogens with zero attached hydrogens (tertiary/aromatic N) is 5. The number of rotatable bonds is 14. The quantitative estimate of drug-likeness (QED) is 0.0594. The predicted molar refractivity (Wildman–Crippen MR) is 269 cm³/mol. The first-order chi connectivity index (χ1) is 33.4. The highest BCUT2D eigenvalue weighted by atomic mass is 32.2. The molecule has 15 nitrogen and oxygen atoms in total. The number of allylic oxidation sites excluding steroid dienone is 1. The lowest BCUT2D eigenvalue weighted by molar-refractivity contribution is -0.384. The van der Waals surface area contributed by atoms with Crippen LogP contribution < -0.4 is 19.7 Å². The van der Waals surface area contributed by atoms with Crippen LogP contribution in [-0.4, -0.2) is 84.1 Å². The SMILES string of the molecule is CC1(C)CCC(CN2CCN(c3ccc(C(=O)NS(=O)(=O)c4ccc(NCC5CCC(C)(O)CC5)c([N+](=O)[O-])c4)c(Oc4cnc5[nH]ccc5c4)c3)CC2)=C(c2cc(-c3cc(F)cc(C#N)c3)cs2)C1. The first-order valence-electron chi connectivity index (χ1n) is 23.5. The van der Waals surface area contributed by atoms with Crippen molar-refractivity contribution in [1.29, 1.82) is 5.26 Å². The number of anilines is 2. The molecule has 9 rings (SSSR count). The van der Waals surface area contributed by atoms with Crippen LogP contribution >= 0.6 is 11.3 Å². The number of aliphatic hydroxyl groups is 1. The number of carbonyl (C=O) groups excluding carboxylic acids is 1. The van der Waals surface area contributed by atoms with Crippen LogP contribution in [0.1, 0.15) is 86.5 Å². The van der Waals surface area contributed by atoms with Gasteiger partial charge in [0, 0.05) is 73.5 Å². The molecule has 4 N–H and O–H groups in total. The van der Waals surface area contributed by atoms with Crippen LogP contribution in [0.15, 0.2) is 101 Å². The van der Waals surface area contributed by atoms with Gasteiger partial charge in [0.15, 0.2) is 0 Å². The molecular weight excluding hydrogens is 932 g/mol. The van der Waals surface area contributed by atoms with E-state index < -0.39 is 42.9 Å². The van der Waals surface area contributed by atoms with E-state index in [2.05, 4.69) is 55.8 Å². The summed E-state index contributed by atoms with van der Waals surface area (Å²) in [5, 5.41) is 37.8. The molecule has 4 heterocycles. The summed E-state index contributed by atoms with van der Waals surface area (Å²) in [6, 6.07) is 20.7. The first-order valence-corrected chi connectivity index (χ1v) is 25.8. The third kappa shape index (κ3) is 11.0. The molecular formula is C52H55FN8O7S2. The second-order valence-corrected chi connectivity index (χ2v) is 22.4. The molecule has 3 aromatic carbocycles. The Morgan fingerprint density at radius 1 is 1.03 bits per heavy atom. The summed E-state index contributed by atoms with van der Waals surface area (Å²) in [5.74, 6) is -0.818. The Bertz CT molecular complexity index is 3160. The number of hydrogen-bond donors (Lipinski definition) is 4. The molecule has 0 bridgehead atoms. The fourth-order valence-electron chi connectivity index (χ4n) is 9.72. The van der Waals surface area contributed by atoms with Crippen LogP contribution in [0.4, 0.5) is 21.5 Å². The number of nitro groups is 1. The summed E-state index contributed by atoms with van der Waals surface area (Å²) >= 11 is 1.65. The van der Waals surface area contributed by atoms with Crippen molar-refractivity contribution in [2.45, 2.75) is 76.2 Å². The number of halogens is 1. The molecule has 1 saturated carbocycles. The van der Waals surface area contributed by atoms with Gasteiger partial charge in [0.05, 0.1) is 38.8 Å². The monoisotopic (exact) mass is 986 g/mol. The summed E-state index contributed by atoms with van der Waals surface area (Å²) in [4.78, 5) is 38.4. The Kier molecular flexibility index (Phi) is 13.6. The molecule has 2 fully saturated rings. The molecule has 3 aliphatic rings. The number of amides is 1. The molecule has 2 aliphatic carbocycles. The summed E-state index contributed by atoms with van der Waals surface area (Å²) in [6.07, 6.45) is 8.94. The molecule has 0 unspecified atom stereocenters. The number of carbonyl (C=O) groups is 1. The summed E-state index contributed by atoms with van der Waals surface area (Å²) in [5.41, 5.74) is 5.01. The van der Waals surface area contributed by atoms with E-state index in [0.717, 1.165) is 79.3 Å². The van der Waals surface area contributed by atoms with Gasteiger partial charge in [0.2, 0.25) is 0 Å². The highest BCUT2D eigenvalue weighted by Gasteiger charge is 2.32. The fraction of sp³-hybridized carbons (Fsp3) is 0.365. The second-order valence-electron chi connectivity index (χ2n) is 19.8. The predicted octanol–water partition coefficient (Wildman–Crippen LogP) is 10.3. The zero-order valence-electron chi connectivity index (χ0n) is 39.3. The molecule has 70 heavy (non-hydrogen) atoms. The third-order valence-electron chi connectivity index (χ3n) is 13.9. The van der Waals surface area contributed by atoms with Gasteiger partial charge in [-0.1, -0.05) is 19.4 Å². The lowest BCUT2D eigenvalue weighted by Gasteiger charge is -2.39. The van der Waals surface area contributed by atoms with Crippen molar-refractivity contribution in [3.05, 3.63) is 128 Å². The number of hydrogen-bond acceptors (Lipinski definition) is 13. The van der Waals surface area contributed by atoms with Gasteiger partial charge in [-0.15, -0.1) is 11.3 Å². The Morgan fingerprint density at radius 3 is 2.57 bits per heavy atom. The third-order valence-corrected chi connectivity index (χ3v) is 16.2. The van der Waals surface area contributed by atoms with Gasteiger partial charge in [0.1, 0.15) is 28.7 Å². The Morgan fingerprint density at radius 2 is 1.81 bits per heavy atom. The van der Waals surface area contributed by atoms with E-state index in [9.17, 15) is 38.1 Å². The first kappa shape index (κ1) is 48.4. The second kappa shape index (κ2) is 19.6. The molecule has 1 saturated heterocycles. The van der Waals surface area contributed by atoms with Crippen molar-refractivity contribution >= 4 is 60.9 Å². The van der Waals surface area contributed by atoms with Crippen molar-refractivity contribution in [2.24, 2.45) is 11.3 Å². The Hall–Kier alpha value is -6.65. The average molecular weight is 987 g/mol. The Labute approximate surface area is 410 Å². The topological polar surface area (TPSA) is 207 Å². The number of aromatic nitrogens is 2. The van der Waals surface area contributed by atoms with Crippen molar-refractivity contribution in [1.82, 2.24) is 19.6 Å². The van der Waals surface area contributed by atoms with Crippen LogP contribution in [-0.2, 0) is 10.0 Å². The van der Waals surface area contributed by atoms with E-state index in [4.69, 9.17) is 4.74 Å². The van der Waals surface area contributed by atoms with Gasteiger partial charge >= 0.3 is 0 Å². The van der Waals surface area contributed by atoms with Crippen molar-refractivity contribution in [3.63, 3.8) is 0 Å². The number of H-pyrrole nitrogens is 1. The smallest absolute Gasteiger partial charge is 0.293 e. The van der Waals surface area contributed by atoms with Gasteiger partial charge in [-0.05, 0) is 146 Å². The van der Waals surface area contributed by atoms with E-state index in [1.54, 1.807) is 48.7 Å². The van der Waals surface area contributed by atoms with E-state index in [1.807, 2.05) is 11.4 Å². The average Bonchev–Trinajstić information content (AvgIpc) is 4.02. The molecule has 1 amide bonds. The number of benzene rings is 3. The highest BCUT2D eigenvalue weighted by Crippen LogP contribution is 2.46. The van der Waals surface area contributed by atoms with Gasteiger partial charge < -0.3 is 25.0 Å². The fourth-order valence-corrected chi connectivity index (χ4v) is 11.7. The number of pyridine rings is 1. The van der Waals surface area contributed by atoms with Gasteiger partial charge in [0.25, 0.3) is 21.6 Å². The van der Waals surface area contributed by atoms with E-state index in [-0.39, 0.29) is 33.9 Å². The van der Waals surface area contributed by atoms with Gasteiger partial charge in [-0.2, -0.15) is 5.26 Å². The van der Waals surface area contributed by atoms with E-state index in [0.29, 0.717) is 49.4 Å². The lowest BCUT2D eigenvalue weighted by Crippen LogP contribution is -2.47. The molecule has 18 heteroatoms. The minimum atomic E-state index is -4.61. The number of nitrogens with one attached hydrogen (secondary N) is 3. The van der Waals surface area contributed by atoms with Gasteiger partial charge in [-0.3, -0.25) is 19.8 Å². The molecule has 364 valence electrons. The standard InChI is InChI=1S/C52H55FN8O7S2/c1-51(2)12-10-36(44(27-51)48-24-38(32-69-48)37-20-34(28-54)21-39(53)22-37)31-59-16-18-60(19-17-59)40-4-6-43(47(25-40)68-41-23-35-11-15-55-49(35)57-30-41)50(62)58-70(66,67)42-5-7-45(46(26-42)61(64)65)56-29-33-8-13-52(3,63)14-9-33/h4-7,11,15,20-26,30,32-33,56,63H,8-10,12-14,16-19,27,29,31H2,1-3H3,(H,55,57)(H,58,62). The molecule has 0 radical (unpaired) electrons. The molecule has 1 aliphatic heterocycles. The van der Waals surface area contributed by atoms with E-state index >= 15 is 0 Å². The maximum atomic E-state index is 14.4. The maximum Gasteiger partial charge on any atom is 0.293 e. The van der Waals surface area contributed by atoms with Crippen LogP contribution in [0.25, 0.3) is 27.7 Å². The number of aromatic amines is 1. The zero-order valence-corrected chi connectivity index (χ0v) is 40.9. The summed E-state index contributed by atoms with van der Waals surface area (Å²) < 4.78 is 50.4. The van der Waals surface area contributed by atoms with E-state index in [1.165, 1.54) is 47.7 Å². The number of nitriles is 1. The number of fused-ring (bicyclic) bond motifs is 1. The number of nitro benzene ring substituents is 1. The Balaban J connectivity index is 0.917. The number of ether oxygens (including phenoxy) is 1. The lowest BCUT2D eigenvalue weighted by atomic mass is 9.73. The van der Waals surface area contributed by atoms with Crippen LogP contribution in [0, 0.1) is 38.6 Å². The van der Waals surface area contributed by atoms with Gasteiger partial charge in [-0.25, -0.2) is 22.5 Å². The highest BCUT2D eigenvalue weighted by molar-refractivity contribution is 7.90. The normalized spacial score (nSPS) is 19.7. The largest absolute Gasteiger partial charge is 0.455 e. The minimum absolute atomic E-state index is 0.0706. The number of sulfonamides is 1. The number of piperazine rings is 1. The zero-order chi connectivity index (χ0) is 49.4. The minimum Gasteiger partial charge on any atom is -0.455 e. The molecule has 0 atom stereocenters. The summed E-state index contributed by atoms with van der Waals surface area (Å²) in [6.45, 7) is 10.5. The molecule has 0 spiro atoms. The van der Waals surface area contributed by atoms with Crippen LogP contribution in [0.3, 0.4) is 0 Å². The number of thiophene rings is 1. The van der Waals surface area contributed by atoms with Crippen LogP contribution in [0.5, 0.6) is 11.5 Å². The van der Waals surface area contributed by atoms with Crippen molar-refractivity contribution < 1.29 is 32.4 Å². The molecule has 3 aromatic heterocycles. The molecule has 6 aromatic rings. The summed E-state index contributed by atoms with van der Waals surface area (Å²) in [7, 11) is -4.61. The van der Waals surface area contributed by atoms with Crippen LogP contribution in [0.2, 0.25) is 0 Å².